The molecule has 0 spiro atoms. The highest BCUT2D eigenvalue weighted by Crippen LogP contribution is 2.25. The first-order valence-corrected chi connectivity index (χ1v) is 9.14. The van der Waals surface area contributed by atoms with Gasteiger partial charge in [0.25, 0.3) is 0 Å². The van der Waals surface area contributed by atoms with E-state index in [0.717, 1.165) is 11.0 Å². The number of nitrogens with zero attached hydrogens (tertiary/aromatic N) is 1. The summed E-state index contributed by atoms with van der Waals surface area (Å²) in [6, 6.07) is 9.32. The van der Waals surface area contributed by atoms with Crippen molar-refractivity contribution in [2.75, 3.05) is 19.0 Å². The lowest BCUT2D eigenvalue weighted by atomic mass is 10.2. The molecule has 2 rings (SSSR count). The molecule has 1 aromatic heterocycles. The van der Waals surface area contributed by atoms with E-state index in [0.29, 0.717) is 18.0 Å². The van der Waals surface area contributed by atoms with Gasteiger partial charge < -0.3 is 10.1 Å². The number of hydrogen-bond acceptors (Lipinski definition) is 4. The highest BCUT2D eigenvalue weighted by molar-refractivity contribution is 9.10. The van der Waals surface area contributed by atoms with Crippen molar-refractivity contribution in [3.05, 3.63) is 45.1 Å². The third-order valence-electron chi connectivity index (χ3n) is 3.51. The van der Waals surface area contributed by atoms with Gasteiger partial charge in [-0.05, 0) is 55.0 Å². The Bertz CT molecular complexity index is 660. The zero-order valence-corrected chi connectivity index (χ0v) is 15.9. The van der Waals surface area contributed by atoms with Crippen molar-refractivity contribution < 1.29 is 9.53 Å². The molecule has 6 heteroatoms. The van der Waals surface area contributed by atoms with Gasteiger partial charge in [-0.2, -0.15) is 0 Å². The van der Waals surface area contributed by atoms with Crippen LogP contribution in [0.3, 0.4) is 0 Å². The average Bonchev–Trinajstić information content (AvgIpc) is 2.93. The topological polar surface area (TPSA) is 41.6 Å². The minimum atomic E-state index is -0.245. The number of likely N-dealkylation sites (N-methyl/N-ethyl adjacent to an activating group) is 1. The van der Waals surface area contributed by atoms with E-state index in [2.05, 4.69) is 27.3 Å². The summed E-state index contributed by atoms with van der Waals surface area (Å²) in [7, 11) is 1.95. The van der Waals surface area contributed by atoms with Crippen LogP contribution in [0.5, 0.6) is 5.75 Å². The SMILES string of the molecule is CCOc1ccccc1NC(=O)C(C)N(C)Cc1cc(Br)cs1. The number of carbonyl (C=O) groups excluding carboxylic acids is 1. The number of thiophene rings is 1. The zero-order chi connectivity index (χ0) is 16.8. The van der Waals surface area contributed by atoms with Crippen LogP contribution in [0.25, 0.3) is 0 Å². The second kappa shape index (κ2) is 8.47. The molecule has 2 aromatic rings. The van der Waals surface area contributed by atoms with Crippen molar-refractivity contribution in [1.29, 1.82) is 0 Å². The maximum atomic E-state index is 12.5. The molecule has 0 fully saturated rings. The van der Waals surface area contributed by atoms with Crippen LogP contribution in [-0.2, 0) is 11.3 Å². The predicted molar refractivity (Wildman–Crippen MR) is 99.2 cm³/mol. The van der Waals surface area contributed by atoms with Crippen LogP contribution in [0.15, 0.2) is 40.2 Å². The molecule has 1 amide bonds. The molecule has 124 valence electrons. The quantitative estimate of drug-likeness (QED) is 0.755. The first kappa shape index (κ1) is 18.0. The van der Waals surface area contributed by atoms with Crippen molar-refractivity contribution in [2.45, 2.75) is 26.4 Å². The molecular weight excluding hydrogens is 376 g/mol. The van der Waals surface area contributed by atoms with Gasteiger partial charge in [-0.1, -0.05) is 12.1 Å². The Hall–Kier alpha value is -1.37. The molecule has 1 aromatic carbocycles. The van der Waals surface area contributed by atoms with Crippen LogP contribution in [0, 0.1) is 0 Å². The van der Waals surface area contributed by atoms with Crippen LogP contribution in [0.4, 0.5) is 5.69 Å². The van der Waals surface area contributed by atoms with Crippen LogP contribution < -0.4 is 10.1 Å². The van der Waals surface area contributed by atoms with Crippen molar-refractivity contribution >= 4 is 38.9 Å². The van der Waals surface area contributed by atoms with E-state index in [1.807, 2.05) is 55.4 Å². The molecule has 0 bridgehead atoms. The molecule has 0 saturated heterocycles. The Balaban J connectivity index is 1.99. The van der Waals surface area contributed by atoms with Gasteiger partial charge in [0.15, 0.2) is 0 Å². The molecule has 0 aliphatic carbocycles. The lowest BCUT2D eigenvalue weighted by molar-refractivity contribution is -0.120. The first-order valence-electron chi connectivity index (χ1n) is 7.47. The Morgan fingerprint density at radius 3 is 2.83 bits per heavy atom. The highest BCUT2D eigenvalue weighted by Gasteiger charge is 2.19. The summed E-state index contributed by atoms with van der Waals surface area (Å²) in [6.07, 6.45) is 0. The highest BCUT2D eigenvalue weighted by atomic mass is 79.9. The minimum Gasteiger partial charge on any atom is -0.492 e. The molecule has 1 N–H and O–H groups in total. The third-order valence-corrected chi connectivity index (χ3v) is 5.19. The second-order valence-electron chi connectivity index (χ2n) is 5.24. The maximum Gasteiger partial charge on any atom is 0.241 e. The minimum absolute atomic E-state index is 0.0460. The van der Waals surface area contributed by atoms with Gasteiger partial charge in [-0.25, -0.2) is 0 Å². The van der Waals surface area contributed by atoms with Gasteiger partial charge in [0.1, 0.15) is 5.75 Å². The number of hydrogen-bond donors (Lipinski definition) is 1. The Morgan fingerprint density at radius 2 is 2.17 bits per heavy atom. The van der Waals surface area contributed by atoms with E-state index in [4.69, 9.17) is 4.74 Å². The molecule has 0 aliphatic heterocycles. The summed E-state index contributed by atoms with van der Waals surface area (Å²) in [4.78, 5) is 15.7. The molecule has 1 unspecified atom stereocenters. The van der Waals surface area contributed by atoms with E-state index in [9.17, 15) is 4.79 Å². The van der Waals surface area contributed by atoms with E-state index >= 15 is 0 Å². The van der Waals surface area contributed by atoms with Crippen molar-refractivity contribution in [2.24, 2.45) is 0 Å². The number of halogens is 1. The van der Waals surface area contributed by atoms with Gasteiger partial charge in [0.05, 0.1) is 18.3 Å². The summed E-state index contributed by atoms with van der Waals surface area (Å²) >= 11 is 5.13. The van der Waals surface area contributed by atoms with Gasteiger partial charge in [-0.3, -0.25) is 9.69 Å². The van der Waals surface area contributed by atoms with Gasteiger partial charge in [0, 0.05) is 21.3 Å². The molecule has 0 radical (unpaired) electrons. The van der Waals surface area contributed by atoms with Crippen LogP contribution >= 0.6 is 27.3 Å². The molecule has 0 aliphatic rings. The van der Waals surface area contributed by atoms with E-state index in [1.165, 1.54) is 4.88 Å². The lowest BCUT2D eigenvalue weighted by Gasteiger charge is -2.23. The van der Waals surface area contributed by atoms with Gasteiger partial charge in [0.2, 0.25) is 5.91 Å². The number of benzene rings is 1. The average molecular weight is 397 g/mol. The number of para-hydroxylation sites is 2. The second-order valence-corrected chi connectivity index (χ2v) is 7.15. The number of rotatable bonds is 7. The third kappa shape index (κ3) is 5.06. The maximum absolute atomic E-state index is 12.5. The lowest BCUT2D eigenvalue weighted by Crippen LogP contribution is -2.39. The Kier molecular flexibility index (Phi) is 6.62. The summed E-state index contributed by atoms with van der Waals surface area (Å²) in [6.45, 7) is 5.13. The standard InChI is InChI=1S/C17H21BrN2O2S/c1-4-22-16-8-6-5-7-15(16)19-17(21)12(2)20(3)10-14-9-13(18)11-23-14/h5-9,11-12H,4,10H2,1-3H3,(H,19,21). The summed E-state index contributed by atoms with van der Waals surface area (Å²) in [5.41, 5.74) is 0.707. The molecular formula is C17H21BrN2O2S. The van der Waals surface area contributed by atoms with Crippen molar-refractivity contribution in [3.63, 3.8) is 0 Å². The first-order chi connectivity index (χ1) is 11.0. The number of amides is 1. The van der Waals surface area contributed by atoms with Crippen molar-refractivity contribution in [1.82, 2.24) is 4.90 Å². The monoisotopic (exact) mass is 396 g/mol. The van der Waals surface area contributed by atoms with Crippen LogP contribution in [0.1, 0.15) is 18.7 Å². The Morgan fingerprint density at radius 1 is 1.43 bits per heavy atom. The van der Waals surface area contributed by atoms with Gasteiger partial charge >= 0.3 is 0 Å². The molecule has 23 heavy (non-hydrogen) atoms. The fourth-order valence-corrected chi connectivity index (χ4v) is 3.62. The molecule has 1 atom stereocenters. The normalized spacial score (nSPS) is 12.2. The zero-order valence-electron chi connectivity index (χ0n) is 13.5. The predicted octanol–water partition coefficient (Wildman–Crippen LogP) is 4.37. The number of anilines is 1. The Labute approximate surface area is 149 Å². The van der Waals surface area contributed by atoms with Crippen molar-refractivity contribution in [3.8, 4) is 5.75 Å². The molecule has 4 nitrogen and oxygen atoms in total. The van der Waals surface area contributed by atoms with E-state index < -0.39 is 0 Å². The summed E-state index contributed by atoms with van der Waals surface area (Å²) in [5, 5.41) is 5.00. The molecule has 0 saturated carbocycles. The fourth-order valence-electron chi connectivity index (χ4n) is 2.11. The summed E-state index contributed by atoms with van der Waals surface area (Å²) < 4.78 is 6.62. The van der Waals surface area contributed by atoms with Crippen LogP contribution in [0.2, 0.25) is 0 Å². The smallest absolute Gasteiger partial charge is 0.241 e. The number of nitrogens with one attached hydrogen (secondary N) is 1. The number of ether oxygens (including phenoxy) is 1. The van der Waals surface area contributed by atoms with Gasteiger partial charge in [-0.15, -0.1) is 11.3 Å². The fraction of sp³-hybridized carbons (Fsp3) is 0.353. The van der Waals surface area contributed by atoms with E-state index in [1.54, 1.807) is 11.3 Å². The largest absolute Gasteiger partial charge is 0.492 e. The van der Waals surface area contributed by atoms with Crippen LogP contribution in [-0.4, -0.2) is 30.5 Å². The number of carbonyl (C=O) groups is 1. The van der Waals surface area contributed by atoms with E-state index in [-0.39, 0.29) is 11.9 Å². The molecule has 1 heterocycles. The summed E-state index contributed by atoms with van der Waals surface area (Å²) in [5.74, 6) is 0.649.